The second-order valence-corrected chi connectivity index (χ2v) is 6.46. The first kappa shape index (κ1) is 18.7. The lowest BCUT2D eigenvalue weighted by Gasteiger charge is -2.11. The number of nitrogens with zero attached hydrogens (tertiary/aromatic N) is 3. The fraction of sp³-hybridized carbons (Fsp3) is 0.0952. The summed E-state index contributed by atoms with van der Waals surface area (Å²) in [5.74, 6) is -0.612. The zero-order valence-electron chi connectivity index (χ0n) is 14.9. The molecule has 1 N–H and O–H groups in total. The molecular weight excluding hydrogens is 383 g/mol. The van der Waals surface area contributed by atoms with Gasteiger partial charge in [-0.3, -0.25) is 9.55 Å². The van der Waals surface area contributed by atoms with E-state index in [9.17, 15) is 23.1 Å². The summed E-state index contributed by atoms with van der Waals surface area (Å²) in [6.45, 7) is 0. The number of fused-ring (bicyclic) bond motifs is 1. The largest absolute Gasteiger partial charge is 0.478 e. The normalized spacial score (nSPS) is 11.7. The molecule has 29 heavy (non-hydrogen) atoms. The van der Waals surface area contributed by atoms with E-state index in [0.29, 0.717) is 23.4 Å². The second-order valence-electron chi connectivity index (χ2n) is 6.46. The van der Waals surface area contributed by atoms with Gasteiger partial charge in [0.15, 0.2) is 0 Å². The molecule has 0 spiro atoms. The molecule has 0 aliphatic rings. The van der Waals surface area contributed by atoms with Crippen LogP contribution in [0.15, 0.2) is 67.0 Å². The average Bonchev–Trinajstić information content (AvgIpc) is 3.05. The lowest BCUT2D eigenvalue weighted by molar-refractivity contribution is -0.137. The molecule has 146 valence electrons. The molecule has 5 nitrogen and oxygen atoms in total. The molecule has 4 aromatic rings. The summed E-state index contributed by atoms with van der Waals surface area (Å²) < 4.78 is 41.1. The van der Waals surface area contributed by atoms with Gasteiger partial charge in [0.1, 0.15) is 5.82 Å². The summed E-state index contributed by atoms with van der Waals surface area (Å²) in [6.07, 6.45) is -0.886. The Hall–Kier alpha value is -3.68. The molecule has 0 unspecified atom stereocenters. The van der Waals surface area contributed by atoms with E-state index >= 15 is 0 Å². The Morgan fingerprint density at radius 3 is 2.59 bits per heavy atom. The van der Waals surface area contributed by atoms with E-state index in [1.165, 1.54) is 18.2 Å². The fourth-order valence-electron chi connectivity index (χ4n) is 3.18. The van der Waals surface area contributed by atoms with Crippen molar-refractivity contribution in [1.29, 1.82) is 0 Å². The molecule has 8 heteroatoms. The number of carboxylic acid groups (broad SMARTS) is 1. The highest BCUT2D eigenvalue weighted by molar-refractivity contribution is 5.88. The van der Waals surface area contributed by atoms with Gasteiger partial charge in [-0.1, -0.05) is 12.1 Å². The van der Waals surface area contributed by atoms with Gasteiger partial charge in [0, 0.05) is 24.5 Å². The molecule has 0 aliphatic carbocycles. The van der Waals surface area contributed by atoms with Crippen molar-refractivity contribution in [2.24, 2.45) is 0 Å². The standard InChI is InChI=1S/C21H14F3N3O2/c22-21(23,24)15-6-7-18-17(11-15)26-19(9-13-3-2-8-25-12-13)27(18)16-5-1-4-14(10-16)20(28)29/h1-8,10-12H,9H2,(H,28,29). The summed E-state index contributed by atoms with van der Waals surface area (Å²) in [4.78, 5) is 19.8. The van der Waals surface area contributed by atoms with Crippen molar-refractivity contribution in [3.8, 4) is 5.69 Å². The van der Waals surface area contributed by atoms with E-state index in [1.807, 2.05) is 6.07 Å². The summed E-state index contributed by atoms with van der Waals surface area (Å²) in [5, 5.41) is 9.29. The zero-order chi connectivity index (χ0) is 20.6. The lowest BCUT2D eigenvalue weighted by atomic mass is 10.1. The van der Waals surface area contributed by atoms with Gasteiger partial charge in [0.2, 0.25) is 0 Å². The lowest BCUT2D eigenvalue weighted by Crippen LogP contribution is -2.05. The number of aromatic carboxylic acids is 1. The van der Waals surface area contributed by atoms with Crippen LogP contribution < -0.4 is 0 Å². The Kier molecular flexibility index (Phi) is 4.54. The smallest absolute Gasteiger partial charge is 0.416 e. The number of imidazole rings is 1. The maximum atomic E-state index is 13.1. The molecule has 0 saturated heterocycles. The number of hydrogen-bond donors (Lipinski definition) is 1. The zero-order valence-corrected chi connectivity index (χ0v) is 14.9. The van der Waals surface area contributed by atoms with Gasteiger partial charge >= 0.3 is 12.1 Å². The SMILES string of the molecule is O=C(O)c1cccc(-n2c(Cc3cccnc3)nc3cc(C(F)(F)F)ccc32)c1. The van der Waals surface area contributed by atoms with E-state index in [0.717, 1.165) is 17.7 Å². The maximum absolute atomic E-state index is 13.1. The van der Waals surface area contributed by atoms with Crippen LogP contribution in [0, 0.1) is 0 Å². The van der Waals surface area contributed by atoms with E-state index in [2.05, 4.69) is 9.97 Å². The molecule has 0 atom stereocenters. The highest BCUT2D eigenvalue weighted by atomic mass is 19.4. The van der Waals surface area contributed by atoms with Crippen molar-refractivity contribution < 1.29 is 23.1 Å². The van der Waals surface area contributed by atoms with Crippen LogP contribution in [0.25, 0.3) is 16.7 Å². The van der Waals surface area contributed by atoms with E-state index in [-0.39, 0.29) is 11.1 Å². The molecule has 0 bridgehead atoms. The third-order valence-electron chi connectivity index (χ3n) is 4.49. The topological polar surface area (TPSA) is 68.0 Å². The van der Waals surface area contributed by atoms with Crippen LogP contribution in [-0.2, 0) is 12.6 Å². The van der Waals surface area contributed by atoms with Crippen LogP contribution in [0.3, 0.4) is 0 Å². The molecule has 0 amide bonds. The first-order chi connectivity index (χ1) is 13.8. The number of hydrogen-bond acceptors (Lipinski definition) is 3. The molecule has 2 aromatic heterocycles. The van der Waals surface area contributed by atoms with Crippen LogP contribution in [0.1, 0.15) is 27.3 Å². The number of carbonyl (C=O) groups is 1. The number of carboxylic acids is 1. The van der Waals surface area contributed by atoms with E-state index < -0.39 is 17.7 Å². The molecule has 2 aromatic carbocycles. The minimum absolute atomic E-state index is 0.0728. The fourth-order valence-corrected chi connectivity index (χ4v) is 3.18. The van der Waals surface area contributed by atoms with Gasteiger partial charge in [-0.2, -0.15) is 13.2 Å². The van der Waals surface area contributed by atoms with Crippen LogP contribution in [0.5, 0.6) is 0 Å². The minimum atomic E-state index is -4.48. The first-order valence-corrected chi connectivity index (χ1v) is 8.64. The predicted octanol–water partition coefficient (Wildman–Crippen LogP) is 4.73. The third kappa shape index (κ3) is 3.69. The molecule has 4 rings (SSSR count). The molecule has 0 aliphatic heterocycles. The number of benzene rings is 2. The van der Waals surface area contributed by atoms with E-state index in [1.54, 1.807) is 35.2 Å². The number of rotatable bonds is 4. The van der Waals surface area contributed by atoms with Crippen molar-refractivity contribution >= 4 is 17.0 Å². The van der Waals surface area contributed by atoms with Crippen molar-refractivity contribution in [2.45, 2.75) is 12.6 Å². The molecule has 0 radical (unpaired) electrons. The summed E-state index contributed by atoms with van der Waals surface area (Å²) in [7, 11) is 0. The molecule has 2 heterocycles. The van der Waals surface area contributed by atoms with Gasteiger partial charge in [-0.05, 0) is 48.0 Å². The minimum Gasteiger partial charge on any atom is -0.478 e. The Morgan fingerprint density at radius 1 is 1.07 bits per heavy atom. The summed E-state index contributed by atoms with van der Waals surface area (Å²) in [6, 6.07) is 13.1. The molecule has 0 fully saturated rings. The van der Waals surface area contributed by atoms with Crippen LogP contribution in [-0.4, -0.2) is 25.6 Å². The average molecular weight is 397 g/mol. The van der Waals surface area contributed by atoms with Crippen molar-refractivity contribution in [1.82, 2.24) is 14.5 Å². The number of alkyl halides is 3. The van der Waals surface area contributed by atoms with Gasteiger partial charge in [-0.25, -0.2) is 9.78 Å². The van der Waals surface area contributed by atoms with Crippen molar-refractivity contribution in [3.05, 3.63) is 89.5 Å². The number of pyridine rings is 1. The maximum Gasteiger partial charge on any atom is 0.416 e. The molecule has 0 saturated carbocycles. The molecular formula is C21H14F3N3O2. The number of aromatic nitrogens is 3. The Balaban J connectivity index is 1.93. The van der Waals surface area contributed by atoms with Crippen LogP contribution >= 0.6 is 0 Å². The monoisotopic (exact) mass is 397 g/mol. The first-order valence-electron chi connectivity index (χ1n) is 8.64. The van der Waals surface area contributed by atoms with Gasteiger partial charge < -0.3 is 5.11 Å². The Morgan fingerprint density at radius 2 is 1.90 bits per heavy atom. The van der Waals surface area contributed by atoms with Gasteiger partial charge in [0.25, 0.3) is 0 Å². The third-order valence-corrected chi connectivity index (χ3v) is 4.49. The highest BCUT2D eigenvalue weighted by Gasteiger charge is 2.31. The number of halogens is 3. The van der Waals surface area contributed by atoms with Crippen LogP contribution in [0.4, 0.5) is 13.2 Å². The van der Waals surface area contributed by atoms with Gasteiger partial charge in [-0.15, -0.1) is 0 Å². The second kappa shape index (κ2) is 7.05. The summed E-state index contributed by atoms with van der Waals surface area (Å²) in [5.41, 5.74) is 1.25. The quantitative estimate of drug-likeness (QED) is 0.541. The summed E-state index contributed by atoms with van der Waals surface area (Å²) >= 11 is 0. The van der Waals surface area contributed by atoms with Crippen molar-refractivity contribution in [2.75, 3.05) is 0 Å². The van der Waals surface area contributed by atoms with E-state index in [4.69, 9.17) is 0 Å². The van der Waals surface area contributed by atoms with Crippen molar-refractivity contribution in [3.63, 3.8) is 0 Å². The van der Waals surface area contributed by atoms with Gasteiger partial charge in [0.05, 0.1) is 22.2 Å². The predicted molar refractivity (Wildman–Crippen MR) is 100 cm³/mol. The Bertz CT molecular complexity index is 1200. The Labute approximate surface area is 163 Å². The van der Waals surface area contributed by atoms with Crippen LogP contribution in [0.2, 0.25) is 0 Å². The highest BCUT2D eigenvalue weighted by Crippen LogP contribution is 2.32.